The molecule has 1 fully saturated rings. The van der Waals surface area contributed by atoms with Crippen molar-refractivity contribution in [1.29, 1.82) is 0 Å². The summed E-state index contributed by atoms with van der Waals surface area (Å²) in [6.07, 6.45) is 5.89. The van der Waals surface area contributed by atoms with Crippen molar-refractivity contribution in [2.75, 3.05) is 25.1 Å². The van der Waals surface area contributed by atoms with Crippen molar-refractivity contribution in [1.82, 2.24) is 15.3 Å². The Bertz CT molecular complexity index is 573. The highest BCUT2D eigenvalue weighted by atomic mass is 16.5. The van der Waals surface area contributed by atoms with Crippen LogP contribution < -0.4 is 10.2 Å². The molecule has 1 aliphatic rings. The first-order valence-electron chi connectivity index (χ1n) is 7.67. The molecule has 6 heteroatoms. The Balaban J connectivity index is 1.52. The fourth-order valence-electron chi connectivity index (χ4n) is 2.76. The van der Waals surface area contributed by atoms with Crippen LogP contribution in [0.25, 0.3) is 0 Å². The molecule has 22 heavy (non-hydrogen) atoms. The summed E-state index contributed by atoms with van der Waals surface area (Å²) in [5.41, 5.74) is 0. The van der Waals surface area contributed by atoms with Crippen molar-refractivity contribution < 1.29 is 9.15 Å². The van der Waals surface area contributed by atoms with Gasteiger partial charge in [0.1, 0.15) is 18.1 Å². The number of hydrogen-bond donors (Lipinski definition) is 1. The van der Waals surface area contributed by atoms with Gasteiger partial charge in [-0.3, -0.25) is 0 Å². The first kappa shape index (κ1) is 15.0. The van der Waals surface area contributed by atoms with Crippen molar-refractivity contribution >= 4 is 5.95 Å². The van der Waals surface area contributed by atoms with Crippen LogP contribution in [-0.4, -0.2) is 36.2 Å². The maximum Gasteiger partial charge on any atom is 0.225 e. The lowest BCUT2D eigenvalue weighted by Crippen LogP contribution is -2.46. The molecule has 2 aromatic heterocycles. The third kappa shape index (κ3) is 3.84. The van der Waals surface area contributed by atoms with E-state index in [9.17, 15) is 0 Å². The lowest BCUT2D eigenvalue weighted by molar-refractivity contribution is 0.162. The highest BCUT2D eigenvalue weighted by Crippen LogP contribution is 2.16. The summed E-state index contributed by atoms with van der Waals surface area (Å²) in [7, 11) is 1.67. The quantitative estimate of drug-likeness (QED) is 0.880. The monoisotopic (exact) mass is 302 g/mol. The van der Waals surface area contributed by atoms with Gasteiger partial charge in [-0.1, -0.05) is 0 Å². The Hall–Kier alpha value is -1.92. The summed E-state index contributed by atoms with van der Waals surface area (Å²) in [6, 6.07) is 6.24. The van der Waals surface area contributed by atoms with Crippen LogP contribution >= 0.6 is 0 Å². The molecule has 0 unspecified atom stereocenters. The molecule has 2 aromatic rings. The Kier molecular flexibility index (Phi) is 5.03. The lowest BCUT2D eigenvalue weighted by Gasteiger charge is -2.33. The molecule has 0 bridgehead atoms. The van der Waals surface area contributed by atoms with Crippen LogP contribution in [0.4, 0.5) is 5.95 Å². The second-order valence-corrected chi connectivity index (χ2v) is 5.52. The van der Waals surface area contributed by atoms with Crippen molar-refractivity contribution in [3.63, 3.8) is 0 Å². The van der Waals surface area contributed by atoms with Gasteiger partial charge in [-0.25, -0.2) is 9.97 Å². The van der Waals surface area contributed by atoms with E-state index in [1.807, 2.05) is 18.2 Å². The van der Waals surface area contributed by atoms with E-state index in [0.29, 0.717) is 12.6 Å². The molecular formula is C16H22N4O2. The van der Waals surface area contributed by atoms with Gasteiger partial charge in [-0.05, 0) is 31.0 Å². The maximum atomic E-state index is 5.70. The maximum absolute atomic E-state index is 5.70. The molecular weight excluding hydrogens is 280 g/mol. The number of hydrogen-bond acceptors (Lipinski definition) is 6. The van der Waals surface area contributed by atoms with Gasteiger partial charge in [-0.2, -0.15) is 0 Å². The van der Waals surface area contributed by atoms with E-state index in [1.54, 1.807) is 19.5 Å². The predicted octanol–water partition coefficient (Wildman–Crippen LogP) is 1.97. The summed E-state index contributed by atoms with van der Waals surface area (Å²) in [4.78, 5) is 10.9. The molecule has 0 amide bonds. The van der Waals surface area contributed by atoms with Gasteiger partial charge < -0.3 is 19.4 Å². The van der Waals surface area contributed by atoms with E-state index in [4.69, 9.17) is 9.15 Å². The summed E-state index contributed by atoms with van der Waals surface area (Å²) >= 11 is 0. The van der Waals surface area contributed by atoms with Gasteiger partial charge in [0.05, 0.1) is 6.54 Å². The third-order valence-electron chi connectivity index (χ3n) is 3.83. The second-order valence-electron chi connectivity index (χ2n) is 5.52. The molecule has 118 valence electrons. The largest absolute Gasteiger partial charge is 0.462 e. The van der Waals surface area contributed by atoms with E-state index >= 15 is 0 Å². The fourth-order valence-corrected chi connectivity index (χ4v) is 2.76. The van der Waals surface area contributed by atoms with Gasteiger partial charge >= 0.3 is 0 Å². The molecule has 3 heterocycles. The van der Waals surface area contributed by atoms with Crippen LogP contribution in [0.2, 0.25) is 0 Å². The molecule has 6 nitrogen and oxygen atoms in total. The number of nitrogens with one attached hydrogen (secondary N) is 1. The SMILES string of the molecule is COCc1ccc(CN[C@@H]2CCCN(c3ncccn3)C2)o1. The smallest absolute Gasteiger partial charge is 0.225 e. The molecule has 1 N–H and O–H groups in total. The fraction of sp³-hybridized carbons (Fsp3) is 0.500. The van der Waals surface area contributed by atoms with Crippen LogP contribution in [0.1, 0.15) is 24.4 Å². The molecule has 1 saturated heterocycles. The Morgan fingerprint density at radius 1 is 1.32 bits per heavy atom. The third-order valence-corrected chi connectivity index (χ3v) is 3.83. The zero-order chi connectivity index (χ0) is 15.2. The number of nitrogens with zero attached hydrogens (tertiary/aromatic N) is 3. The lowest BCUT2D eigenvalue weighted by atomic mass is 10.1. The number of anilines is 1. The van der Waals surface area contributed by atoms with Gasteiger partial charge in [-0.15, -0.1) is 0 Å². The molecule has 3 rings (SSSR count). The second kappa shape index (κ2) is 7.38. The Morgan fingerprint density at radius 2 is 2.14 bits per heavy atom. The van der Waals surface area contributed by atoms with E-state index in [2.05, 4.69) is 20.2 Å². The molecule has 0 aromatic carbocycles. The number of furan rings is 1. The number of methoxy groups -OCH3 is 1. The van der Waals surface area contributed by atoms with Gasteiger partial charge in [0, 0.05) is 38.6 Å². The number of ether oxygens (including phenoxy) is 1. The van der Waals surface area contributed by atoms with Gasteiger partial charge in [0.2, 0.25) is 5.95 Å². The van der Waals surface area contributed by atoms with Crippen molar-refractivity contribution in [2.24, 2.45) is 0 Å². The van der Waals surface area contributed by atoms with Crippen LogP contribution in [-0.2, 0) is 17.9 Å². The molecule has 0 saturated carbocycles. The minimum Gasteiger partial charge on any atom is -0.462 e. The van der Waals surface area contributed by atoms with E-state index in [-0.39, 0.29) is 0 Å². The van der Waals surface area contributed by atoms with E-state index in [0.717, 1.165) is 49.9 Å². The van der Waals surface area contributed by atoms with Gasteiger partial charge in [0.15, 0.2) is 0 Å². The van der Waals surface area contributed by atoms with Crippen LogP contribution in [0, 0.1) is 0 Å². The van der Waals surface area contributed by atoms with Crippen molar-refractivity contribution in [3.8, 4) is 0 Å². The van der Waals surface area contributed by atoms with Gasteiger partial charge in [0.25, 0.3) is 0 Å². The molecule has 1 atom stereocenters. The van der Waals surface area contributed by atoms with Crippen LogP contribution in [0.3, 0.4) is 0 Å². The molecule has 1 aliphatic heterocycles. The average Bonchev–Trinajstić information content (AvgIpc) is 3.02. The number of rotatable bonds is 6. The summed E-state index contributed by atoms with van der Waals surface area (Å²) in [5, 5.41) is 3.56. The van der Waals surface area contributed by atoms with Crippen molar-refractivity contribution in [2.45, 2.75) is 32.0 Å². The standard InChI is InChI=1S/C16H22N4O2/c1-21-12-15-6-5-14(22-15)10-19-13-4-2-9-20(11-13)16-17-7-3-8-18-16/h3,5-8,13,19H,2,4,9-12H2,1H3/t13-/m1/s1. The first-order valence-corrected chi connectivity index (χ1v) is 7.67. The number of aromatic nitrogens is 2. The van der Waals surface area contributed by atoms with E-state index < -0.39 is 0 Å². The Morgan fingerprint density at radius 3 is 2.95 bits per heavy atom. The highest BCUT2D eigenvalue weighted by Gasteiger charge is 2.21. The molecule has 0 aliphatic carbocycles. The van der Waals surface area contributed by atoms with Crippen molar-refractivity contribution in [3.05, 3.63) is 42.1 Å². The topological polar surface area (TPSA) is 63.4 Å². The summed E-state index contributed by atoms with van der Waals surface area (Å²) in [5.74, 6) is 2.62. The van der Waals surface area contributed by atoms with Crippen LogP contribution in [0.15, 0.2) is 35.0 Å². The zero-order valence-electron chi connectivity index (χ0n) is 12.9. The minimum atomic E-state index is 0.425. The van der Waals surface area contributed by atoms with E-state index in [1.165, 1.54) is 0 Å². The molecule has 0 spiro atoms. The van der Waals surface area contributed by atoms with Crippen LogP contribution in [0.5, 0.6) is 0 Å². The summed E-state index contributed by atoms with van der Waals surface area (Å²) < 4.78 is 10.8. The zero-order valence-corrected chi connectivity index (χ0v) is 12.9. The highest BCUT2D eigenvalue weighted by molar-refractivity contribution is 5.29. The summed E-state index contributed by atoms with van der Waals surface area (Å²) in [6.45, 7) is 3.19. The number of piperidine rings is 1. The first-order chi connectivity index (χ1) is 10.8. The normalized spacial score (nSPS) is 18.6. The average molecular weight is 302 g/mol. The predicted molar refractivity (Wildman–Crippen MR) is 83.5 cm³/mol. The molecule has 0 radical (unpaired) electrons. The minimum absolute atomic E-state index is 0.425. The Labute approximate surface area is 130 Å².